The van der Waals surface area contributed by atoms with Crippen LogP contribution in [-0.4, -0.2) is 44.1 Å². The van der Waals surface area contributed by atoms with Gasteiger partial charge < -0.3 is 19.5 Å². The van der Waals surface area contributed by atoms with Gasteiger partial charge in [0.1, 0.15) is 12.6 Å². The lowest BCUT2D eigenvalue weighted by molar-refractivity contribution is -0.142. The van der Waals surface area contributed by atoms with Gasteiger partial charge in [-0.25, -0.2) is 4.79 Å². The van der Waals surface area contributed by atoms with E-state index in [0.29, 0.717) is 30.1 Å². The Morgan fingerprint density at radius 2 is 1.82 bits per heavy atom. The summed E-state index contributed by atoms with van der Waals surface area (Å²) in [5.74, 6) is 0.883. The standard InChI is InChI=1S/C21H25NO5S/c1-25-19-13-16(20(23)22-17(11-12-28-3)21(24)26-2)9-10-18(19)27-14-15-7-5-4-6-8-15/h4-10,13,17H,11-12,14H2,1-3H3,(H,22,23)/t17-/m0/s1. The monoisotopic (exact) mass is 403 g/mol. The molecule has 28 heavy (non-hydrogen) atoms. The zero-order valence-electron chi connectivity index (χ0n) is 16.3. The summed E-state index contributed by atoms with van der Waals surface area (Å²) in [5.41, 5.74) is 1.41. The minimum absolute atomic E-state index is 0.371. The van der Waals surface area contributed by atoms with Gasteiger partial charge in [0.2, 0.25) is 0 Å². The number of carbonyl (C=O) groups excluding carboxylic acids is 2. The second-order valence-electron chi connectivity index (χ2n) is 5.97. The van der Waals surface area contributed by atoms with Crippen molar-refractivity contribution < 1.29 is 23.8 Å². The van der Waals surface area contributed by atoms with E-state index < -0.39 is 12.0 Å². The zero-order valence-corrected chi connectivity index (χ0v) is 17.1. The molecule has 2 rings (SSSR count). The van der Waals surface area contributed by atoms with Crippen LogP contribution >= 0.6 is 11.8 Å². The Kier molecular flexibility index (Phi) is 8.68. The summed E-state index contributed by atoms with van der Waals surface area (Å²) >= 11 is 1.60. The molecule has 0 aliphatic carbocycles. The van der Waals surface area contributed by atoms with Crippen molar-refractivity contribution in [3.63, 3.8) is 0 Å². The molecule has 0 spiro atoms. The molecular formula is C21H25NO5S. The summed E-state index contributed by atoms with van der Waals surface area (Å²) in [6.45, 7) is 0.391. The van der Waals surface area contributed by atoms with Gasteiger partial charge in [-0.15, -0.1) is 0 Å². The van der Waals surface area contributed by atoms with Gasteiger partial charge in [0.25, 0.3) is 5.91 Å². The number of amides is 1. The lowest BCUT2D eigenvalue weighted by Gasteiger charge is -2.17. The Hall–Kier alpha value is -2.67. The first kappa shape index (κ1) is 21.6. The summed E-state index contributed by atoms with van der Waals surface area (Å²) in [6.07, 6.45) is 2.43. The molecule has 2 aromatic carbocycles. The van der Waals surface area contributed by atoms with Crippen molar-refractivity contribution in [1.29, 1.82) is 0 Å². The molecule has 0 bridgehead atoms. The third kappa shape index (κ3) is 6.20. The minimum atomic E-state index is -0.690. The Morgan fingerprint density at radius 1 is 1.07 bits per heavy atom. The van der Waals surface area contributed by atoms with Gasteiger partial charge >= 0.3 is 5.97 Å². The normalized spacial score (nSPS) is 11.4. The molecule has 2 aromatic rings. The molecule has 0 aliphatic heterocycles. The lowest BCUT2D eigenvalue weighted by atomic mass is 10.1. The predicted octanol–water partition coefficient (Wildman–Crippen LogP) is 3.30. The second-order valence-corrected chi connectivity index (χ2v) is 6.96. The summed E-state index contributed by atoms with van der Waals surface area (Å²) in [4.78, 5) is 24.5. The number of hydrogen-bond donors (Lipinski definition) is 1. The van der Waals surface area contributed by atoms with Crippen molar-refractivity contribution in [1.82, 2.24) is 5.32 Å². The second kappa shape index (κ2) is 11.2. The first-order valence-electron chi connectivity index (χ1n) is 8.81. The molecule has 1 N–H and O–H groups in total. The van der Waals surface area contributed by atoms with Crippen LogP contribution in [0.15, 0.2) is 48.5 Å². The van der Waals surface area contributed by atoms with Crippen molar-refractivity contribution in [3.05, 3.63) is 59.7 Å². The maximum Gasteiger partial charge on any atom is 0.328 e. The molecule has 0 saturated carbocycles. The molecule has 6 nitrogen and oxygen atoms in total. The summed E-state index contributed by atoms with van der Waals surface area (Å²) in [7, 11) is 2.82. The molecule has 0 aromatic heterocycles. The fraction of sp³-hybridized carbons (Fsp3) is 0.333. The van der Waals surface area contributed by atoms with Gasteiger partial charge in [-0.1, -0.05) is 30.3 Å². The van der Waals surface area contributed by atoms with E-state index in [1.165, 1.54) is 14.2 Å². The fourth-order valence-electron chi connectivity index (χ4n) is 2.53. The number of rotatable bonds is 10. The fourth-order valence-corrected chi connectivity index (χ4v) is 3.00. The average molecular weight is 404 g/mol. The third-order valence-corrected chi connectivity index (χ3v) is 4.71. The molecular weight excluding hydrogens is 378 g/mol. The summed E-state index contributed by atoms with van der Waals surface area (Å²) in [5, 5.41) is 2.72. The Balaban J connectivity index is 2.08. The number of ether oxygens (including phenoxy) is 3. The largest absolute Gasteiger partial charge is 0.493 e. The number of benzene rings is 2. The van der Waals surface area contributed by atoms with E-state index in [2.05, 4.69) is 5.32 Å². The maximum absolute atomic E-state index is 12.6. The van der Waals surface area contributed by atoms with Crippen LogP contribution in [0.3, 0.4) is 0 Å². The van der Waals surface area contributed by atoms with E-state index in [1.54, 1.807) is 30.0 Å². The van der Waals surface area contributed by atoms with Gasteiger partial charge in [0.05, 0.1) is 14.2 Å². The van der Waals surface area contributed by atoms with Gasteiger partial charge in [-0.3, -0.25) is 4.79 Å². The van der Waals surface area contributed by atoms with Crippen molar-refractivity contribution in [2.75, 3.05) is 26.2 Å². The van der Waals surface area contributed by atoms with Crippen LogP contribution in [0.4, 0.5) is 0 Å². The summed E-state index contributed by atoms with van der Waals surface area (Å²) in [6, 6.07) is 14.0. The van der Waals surface area contributed by atoms with Crippen molar-refractivity contribution in [2.24, 2.45) is 0 Å². The SMILES string of the molecule is COC(=O)[C@H](CCSC)NC(=O)c1ccc(OCc2ccccc2)c(OC)c1. The molecule has 0 fully saturated rings. The predicted molar refractivity (Wildman–Crippen MR) is 110 cm³/mol. The molecule has 0 heterocycles. The first-order valence-corrected chi connectivity index (χ1v) is 10.2. The smallest absolute Gasteiger partial charge is 0.328 e. The maximum atomic E-state index is 12.6. The quantitative estimate of drug-likeness (QED) is 0.614. The molecule has 150 valence electrons. The Morgan fingerprint density at radius 3 is 2.46 bits per heavy atom. The topological polar surface area (TPSA) is 73.9 Å². The van der Waals surface area contributed by atoms with E-state index in [1.807, 2.05) is 36.6 Å². The van der Waals surface area contributed by atoms with E-state index in [9.17, 15) is 9.59 Å². The number of thioether (sulfide) groups is 1. The first-order chi connectivity index (χ1) is 13.6. The number of hydrogen-bond acceptors (Lipinski definition) is 6. The molecule has 0 aliphatic rings. The highest BCUT2D eigenvalue weighted by Gasteiger charge is 2.22. The minimum Gasteiger partial charge on any atom is -0.493 e. The van der Waals surface area contributed by atoms with Crippen molar-refractivity contribution in [3.8, 4) is 11.5 Å². The number of esters is 1. The Labute approximate surface area is 169 Å². The third-order valence-electron chi connectivity index (χ3n) is 4.06. The molecule has 0 unspecified atom stereocenters. The Bertz CT molecular complexity index is 782. The van der Waals surface area contributed by atoms with Crippen molar-refractivity contribution >= 4 is 23.6 Å². The number of nitrogens with one attached hydrogen (secondary N) is 1. The number of methoxy groups -OCH3 is 2. The molecule has 1 atom stereocenters. The van der Waals surface area contributed by atoms with Crippen LogP contribution < -0.4 is 14.8 Å². The zero-order chi connectivity index (χ0) is 20.4. The summed E-state index contributed by atoms with van der Waals surface area (Å²) < 4.78 is 15.9. The van der Waals surface area contributed by atoms with Gasteiger partial charge in [-0.05, 0) is 42.2 Å². The van der Waals surface area contributed by atoms with Crippen LogP contribution in [0.25, 0.3) is 0 Å². The molecule has 0 saturated heterocycles. The van der Waals surface area contributed by atoms with Gasteiger partial charge in [0.15, 0.2) is 11.5 Å². The van der Waals surface area contributed by atoms with E-state index in [-0.39, 0.29) is 5.91 Å². The molecule has 7 heteroatoms. The highest BCUT2D eigenvalue weighted by Crippen LogP contribution is 2.29. The molecule has 1 amide bonds. The lowest BCUT2D eigenvalue weighted by Crippen LogP contribution is -2.41. The van der Waals surface area contributed by atoms with Gasteiger partial charge in [-0.2, -0.15) is 11.8 Å². The van der Waals surface area contributed by atoms with Crippen LogP contribution in [0.5, 0.6) is 11.5 Å². The van der Waals surface area contributed by atoms with Crippen LogP contribution in [0.1, 0.15) is 22.3 Å². The van der Waals surface area contributed by atoms with Crippen LogP contribution in [0, 0.1) is 0 Å². The van der Waals surface area contributed by atoms with E-state index in [0.717, 1.165) is 11.3 Å². The highest BCUT2D eigenvalue weighted by molar-refractivity contribution is 7.98. The average Bonchev–Trinajstić information content (AvgIpc) is 2.74. The highest BCUT2D eigenvalue weighted by atomic mass is 32.2. The van der Waals surface area contributed by atoms with E-state index in [4.69, 9.17) is 14.2 Å². The molecule has 0 radical (unpaired) electrons. The van der Waals surface area contributed by atoms with Gasteiger partial charge in [0, 0.05) is 5.56 Å². The number of carbonyl (C=O) groups is 2. The van der Waals surface area contributed by atoms with E-state index >= 15 is 0 Å². The van der Waals surface area contributed by atoms with Crippen molar-refractivity contribution in [2.45, 2.75) is 19.1 Å². The van der Waals surface area contributed by atoms with Crippen LogP contribution in [0.2, 0.25) is 0 Å². The van der Waals surface area contributed by atoms with Crippen LogP contribution in [-0.2, 0) is 16.1 Å².